The van der Waals surface area contributed by atoms with E-state index in [0.717, 1.165) is 0 Å². The molecule has 1 amide bonds. The lowest BCUT2D eigenvalue weighted by Crippen LogP contribution is -2.12. The lowest BCUT2D eigenvalue weighted by molar-refractivity contribution is 0.102. The van der Waals surface area contributed by atoms with Gasteiger partial charge in [0.2, 0.25) is 11.6 Å². The molecule has 150 valence electrons. The van der Waals surface area contributed by atoms with Gasteiger partial charge in [0.25, 0.3) is 5.91 Å². The molecule has 2 aromatic carbocycles. The third kappa shape index (κ3) is 4.73. The summed E-state index contributed by atoms with van der Waals surface area (Å²) in [6.07, 6.45) is 1.45. The molecule has 0 radical (unpaired) electrons. The summed E-state index contributed by atoms with van der Waals surface area (Å²) in [6, 6.07) is 11.9. The summed E-state index contributed by atoms with van der Waals surface area (Å²) in [6.45, 7) is 0. The fourth-order valence-electron chi connectivity index (χ4n) is 2.55. The average Bonchev–Trinajstić information content (AvgIpc) is 2.75. The second-order valence-electron chi connectivity index (χ2n) is 5.81. The highest BCUT2D eigenvalue weighted by Crippen LogP contribution is 2.38. The second-order valence-corrected chi connectivity index (χ2v) is 5.81. The zero-order valence-corrected chi connectivity index (χ0v) is 16.1. The first-order valence-electron chi connectivity index (χ1n) is 8.55. The average molecular weight is 398 g/mol. The molecule has 8 heteroatoms. The van der Waals surface area contributed by atoms with Crippen LogP contribution in [0.25, 0.3) is 0 Å². The number of aromatic nitrogens is 1. The minimum absolute atomic E-state index is 0.308. The van der Waals surface area contributed by atoms with Gasteiger partial charge in [-0.1, -0.05) is 0 Å². The van der Waals surface area contributed by atoms with Gasteiger partial charge in [0.05, 0.1) is 33.2 Å². The normalized spacial score (nSPS) is 10.2. The lowest BCUT2D eigenvalue weighted by atomic mass is 10.1. The van der Waals surface area contributed by atoms with Crippen molar-refractivity contribution in [3.63, 3.8) is 0 Å². The summed E-state index contributed by atoms with van der Waals surface area (Å²) in [7, 11) is 4.44. The Kier molecular flexibility index (Phi) is 6.13. The number of methoxy groups -OCH3 is 3. The van der Waals surface area contributed by atoms with Crippen molar-refractivity contribution in [1.29, 1.82) is 0 Å². The fraction of sp³-hybridized carbons (Fsp3) is 0.143. The molecule has 0 spiro atoms. The smallest absolute Gasteiger partial charge is 0.255 e. The van der Waals surface area contributed by atoms with Crippen molar-refractivity contribution in [2.24, 2.45) is 0 Å². The number of hydrogen-bond acceptors (Lipinski definition) is 6. The maximum Gasteiger partial charge on any atom is 0.255 e. The highest BCUT2D eigenvalue weighted by molar-refractivity contribution is 6.05. The number of anilines is 1. The standard InChI is InChI=1S/C21H19FN2O5/c1-26-17-10-13(11-18(27-2)20(17)28-3)21(25)24-15-6-9-19(23-12-15)29-16-7-4-14(22)5-8-16/h4-12H,1-3H3,(H,24,25). The zero-order chi connectivity index (χ0) is 20.8. The number of halogens is 1. The van der Waals surface area contributed by atoms with E-state index in [2.05, 4.69) is 10.3 Å². The van der Waals surface area contributed by atoms with Crippen LogP contribution >= 0.6 is 0 Å². The maximum absolute atomic E-state index is 12.9. The maximum atomic E-state index is 12.9. The Hall–Kier alpha value is -3.81. The molecule has 0 aliphatic heterocycles. The Morgan fingerprint density at radius 3 is 2.10 bits per heavy atom. The second kappa shape index (κ2) is 8.92. The third-order valence-corrected chi connectivity index (χ3v) is 3.96. The molecule has 1 heterocycles. The summed E-state index contributed by atoms with van der Waals surface area (Å²) in [5.74, 6) is 1.18. The first kappa shape index (κ1) is 19.9. The third-order valence-electron chi connectivity index (χ3n) is 3.96. The highest BCUT2D eigenvalue weighted by Gasteiger charge is 2.17. The minimum atomic E-state index is -0.377. The number of nitrogens with zero attached hydrogens (tertiary/aromatic N) is 1. The number of hydrogen-bond donors (Lipinski definition) is 1. The molecule has 0 aliphatic carbocycles. The predicted octanol–water partition coefficient (Wildman–Crippen LogP) is 4.29. The van der Waals surface area contributed by atoms with E-state index in [4.69, 9.17) is 18.9 Å². The zero-order valence-electron chi connectivity index (χ0n) is 16.1. The van der Waals surface area contributed by atoms with E-state index in [1.165, 1.54) is 51.8 Å². The van der Waals surface area contributed by atoms with E-state index in [1.807, 2.05) is 0 Å². The molecule has 3 rings (SSSR count). The minimum Gasteiger partial charge on any atom is -0.493 e. The number of amides is 1. The summed E-state index contributed by atoms with van der Waals surface area (Å²) < 4.78 is 34.2. The van der Waals surface area contributed by atoms with Crippen molar-refractivity contribution in [3.8, 4) is 28.9 Å². The molecule has 29 heavy (non-hydrogen) atoms. The van der Waals surface area contributed by atoms with Gasteiger partial charge in [-0.05, 0) is 42.5 Å². The molecule has 0 atom stereocenters. The summed E-state index contributed by atoms with van der Waals surface area (Å²) in [5, 5.41) is 2.74. The van der Waals surface area contributed by atoms with Crippen LogP contribution in [0.3, 0.4) is 0 Å². The molecule has 0 aliphatic rings. The Morgan fingerprint density at radius 2 is 1.59 bits per heavy atom. The van der Waals surface area contributed by atoms with E-state index in [-0.39, 0.29) is 11.7 Å². The van der Waals surface area contributed by atoms with Crippen LogP contribution in [0.1, 0.15) is 10.4 Å². The molecule has 0 saturated carbocycles. The molecule has 0 saturated heterocycles. The molecule has 1 N–H and O–H groups in total. The van der Waals surface area contributed by atoms with E-state index in [9.17, 15) is 9.18 Å². The van der Waals surface area contributed by atoms with E-state index < -0.39 is 0 Å². The monoisotopic (exact) mass is 398 g/mol. The molecule has 7 nitrogen and oxygen atoms in total. The van der Waals surface area contributed by atoms with Gasteiger partial charge < -0.3 is 24.3 Å². The molecule has 3 aromatic rings. The summed E-state index contributed by atoms with van der Waals surface area (Å²) in [4.78, 5) is 16.7. The van der Waals surface area contributed by atoms with Crippen molar-refractivity contribution in [2.45, 2.75) is 0 Å². The van der Waals surface area contributed by atoms with E-state index >= 15 is 0 Å². The Labute approximate surface area is 167 Å². The molecule has 0 unspecified atom stereocenters. The topological polar surface area (TPSA) is 78.9 Å². The van der Waals surface area contributed by atoms with E-state index in [0.29, 0.717) is 40.1 Å². The van der Waals surface area contributed by atoms with Gasteiger partial charge in [-0.15, -0.1) is 0 Å². The van der Waals surface area contributed by atoms with Crippen molar-refractivity contribution in [1.82, 2.24) is 4.98 Å². The SMILES string of the molecule is COc1cc(C(=O)Nc2ccc(Oc3ccc(F)cc3)nc2)cc(OC)c1OC. The van der Waals surface area contributed by atoms with Gasteiger partial charge in [0.15, 0.2) is 11.5 Å². The van der Waals surface area contributed by atoms with Crippen molar-refractivity contribution >= 4 is 11.6 Å². The largest absolute Gasteiger partial charge is 0.493 e. The van der Waals surface area contributed by atoms with Gasteiger partial charge in [0, 0.05) is 11.6 Å². The van der Waals surface area contributed by atoms with E-state index in [1.54, 1.807) is 24.3 Å². The van der Waals surface area contributed by atoms with Gasteiger partial charge in [0.1, 0.15) is 11.6 Å². The van der Waals surface area contributed by atoms with Gasteiger partial charge in [-0.25, -0.2) is 9.37 Å². The Morgan fingerprint density at radius 1 is 0.931 bits per heavy atom. The summed E-state index contributed by atoms with van der Waals surface area (Å²) in [5.41, 5.74) is 0.793. The van der Waals surface area contributed by atoms with Crippen LogP contribution < -0.4 is 24.3 Å². The van der Waals surface area contributed by atoms with Gasteiger partial charge in [-0.2, -0.15) is 0 Å². The van der Waals surface area contributed by atoms with Gasteiger partial charge in [-0.3, -0.25) is 4.79 Å². The number of benzene rings is 2. The molecular formula is C21H19FN2O5. The van der Waals surface area contributed by atoms with Crippen LogP contribution in [-0.4, -0.2) is 32.2 Å². The van der Waals surface area contributed by atoms with Crippen LogP contribution in [0.15, 0.2) is 54.7 Å². The summed E-state index contributed by atoms with van der Waals surface area (Å²) >= 11 is 0. The molecular weight excluding hydrogens is 379 g/mol. The van der Waals surface area contributed by atoms with Crippen LogP contribution in [0.5, 0.6) is 28.9 Å². The number of carbonyl (C=O) groups excluding carboxylic acids is 1. The quantitative estimate of drug-likeness (QED) is 0.640. The molecule has 0 fully saturated rings. The van der Waals surface area contributed by atoms with Crippen molar-refractivity contribution in [2.75, 3.05) is 26.6 Å². The number of rotatable bonds is 7. The van der Waals surface area contributed by atoms with Crippen LogP contribution in [-0.2, 0) is 0 Å². The Bertz CT molecular complexity index is 966. The number of carbonyl (C=O) groups is 1. The van der Waals surface area contributed by atoms with Crippen molar-refractivity contribution < 1.29 is 28.1 Å². The van der Waals surface area contributed by atoms with Crippen molar-refractivity contribution in [3.05, 3.63) is 66.1 Å². The molecule has 1 aromatic heterocycles. The van der Waals surface area contributed by atoms with Gasteiger partial charge >= 0.3 is 0 Å². The first-order chi connectivity index (χ1) is 14.0. The van der Waals surface area contributed by atoms with Crippen LogP contribution in [0.4, 0.5) is 10.1 Å². The fourth-order valence-corrected chi connectivity index (χ4v) is 2.55. The highest BCUT2D eigenvalue weighted by atomic mass is 19.1. The van der Waals surface area contributed by atoms with Crippen LogP contribution in [0.2, 0.25) is 0 Å². The Balaban J connectivity index is 1.73. The van der Waals surface area contributed by atoms with Crippen LogP contribution in [0, 0.1) is 5.82 Å². The lowest BCUT2D eigenvalue weighted by Gasteiger charge is -2.14. The number of ether oxygens (including phenoxy) is 4. The molecule has 0 bridgehead atoms. The predicted molar refractivity (Wildman–Crippen MR) is 105 cm³/mol. The first-order valence-corrected chi connectivity index (χ1v) is 8.55. The number of pyridine rings is 1. The number of nitrogens with one attached hydrogen (secondary N) is 1.